The zero-order valence-electron chi connectivity index (χ0n) is 16.3. The molecule has 1 N–H and O–H groups in total. The van der Waals surface area contributed by atoms with E-state index < -0.39 is 0 Å². The van der Waals surface area contributed by atoms with Crippen LogP contribution in [0.25, 0.3) is 5.57 Å². The van der Waals surface area contributed by atoms with Crippen LogP contribution in [-0.4, -0.2) is 62.1 Å². The molecule has 1 heterocycles. The molecule has 0 saturated heterocycles. The lowest BCUT2D eigenvalue weighted by Gasteiger charge is -2.30. The zero-order chi connectivity index (χ0) is 18.1. The number of hydrogen-bond acceptors (Lipinski definition) is 2. The van der Waals surface area contributed by atoms with Crippen molar-refractivity contribution < 1.29 is 0 Å². The topological polar surface area (TPSA) is 30.9 Å². The molecule has 0 saturated carbocycles. The molecule has 4 nitrogen and oxygen atoms in total. The molecule has 2 rings (SSSR count). The Morgan fingerprint density at radius 2 is 2.00 bits per heavy atom. The van der Waals surface area contributed by atoms with E-state index in [0.29, 0.717) is 6.04 Å². The van der Waals surface area contributed by atoms with Crippen LogP contribution in [0.1, 0.15) is 38.7 Å². The van der Waals surface area contributed by atoms with E-state index in [0.717, 1.165) is 38.6 Å². The summed E-state index contributed by atoms with van der Waals surface area (Å²) in [4.78, 5) is 9.20. The highest BCUT2D eigenvalue weighted by atomic mass is 15.3. The molecule has 1 aromatic carbocycles. The maximum absolute atomic E-state index is 4.46. The first-order chi connectivity index (χ1) is 12.1. The van der Waals surface area contributed by atoms with E-state index in [1.165, 1.54) is 24.0 Å². The fourth-order valence-electron chi connectivity index (χ4n) is 3.05. The first kappa shape index (κ1) is 19.5. The quantitative estimate of drug-likeness (QED) is 0.468. The predicted molar refractivity (Wildman–Crippen MR) is 109 cm³/mol. The first-order valence-electron chi connectivity index (χ1n) is 9.52. The molecule has 0 bridgehead atoms. The van der Waals surface area contributed by atoms with Gasteiger partial charge in [0.05, 0.1) is 0 Å². The number of nitrogens with one attached hydrogen (secondary N) is 1. The van der Waals surface area contributed by atoms with Gasteiger partial charge in [0.25, 0.3) is 0 Å². The average molecular weight is 343 g/mol. The highest BCUT2D eigenvalue weighted by molar-refractivity contribution is 5.81. The molecule has 138 valence electrons. The van der Waals surface area contributed by atoms with Crippen LogP contribution in [0.4, 0.5) is 0 Å². The van der Waals surface area contributed by atoms with Gasteiger partial charge in [-0.1, -0.05) is 36.4 Å². The van der Waals surface area contributed by atoms with Gasteiger partial charge in [0, 0.05) is 32.7 Å². The van der Waals surface area contributed by atoms with Gasteiger partial charge < -0.3 is 15.1 Å². The molecular weight excluding hydrogens is 308 g/mol. The van der Waals surface area contributed by atoms with Crippen LogP contribution in [0, 0.1) is 0 Å². The lowest BCUT2D eigenvalue weighted by molar-refractivity contribution is 0.268. The number of nitrogens with zero attached hydrogens (tertiary/aromatic N) is 3. The van der Waals surface area contributed by atoms with Crippen LogP contribution in [0.5, 0.6) is 0 Å². The summed E-state index contributed by atoms with van der Waals surface area (Å²) in [5.41, 5.74) is 2.79. The van der Waals surface area contributed by atoms with Crippen molar-refractivity contribution in [2.75, 3.05) is 40.3 Å². The smallest absolute Gasteiger partial charge is 0.193 e. The summed E-state index contributed by atoms with van der Waals surface area (Å²) >= 11 is 0. The van der Waals surface area contributed by atoms with Crippen LogP contribution in [0.3, 0.4) is 0 Å². The minimum atomic E-state index is 0.625. The summed E-state index contributed by atoms with van der Waals surface area (Å²) in [5, 5.41) is 3.52. The molecule has 0 atom stereocenters. The van der Waals surface area contributed by atoms with Crippen molar-refractivity contribution >= 4 is 11.5 Å². The van der Waals surface area contributed by atoms with E-state index in [1.807, 2.05) is 7.05 Å². The second-order valence-corrected chi connectivity index (χ2v) is 7.05. The van der Waals surface area contributed by atoms with Gasteiger partial charge in [-0.25, -0.2) is 0 Å². The number of rotatable bonds is 7. The average Bonchev–Trinajstić information content (AvgIpc) is 2.65. The molecule has 0 amide bonds. The third-order valence-corrected chi connectivity index (χ3v) is 4.97. The molecule has 1 aliphatic heterocycles. The second-order valence-electron chi connectivity index (χ2n) is 7.05. The number of benzene rings is 1. The molecule has 0 spiro atoms. The Balaban J connectivity index is 1.74. The third kappa shape index (κ3) is 6.20. The van der Waals surface area contributed by atoms with Crippen molar-refractivity contribution in [3.05, 3.63) is 42.0 Å². The minimum Gasteiger partial charge on any atom is -0.356 e. The van der Waals surface area contributed by atoms with E-state index in [1.54, 1.807) is 0 Å². The van der Waals surface area contributed by atoms with Crippen molar-refractivity contribution in [2.24, 2.45) is 4.99 Å². The van der Waals surface area contributed by atoms with Crippen LogP contribution in [0.15, 0.2) is 41.4 Å². The van der Waals surface area contributed by atoms with E-state index in [9.17, 15) is 0 Å². The minimum absolute atomic E-state index is 0.625. The summed E-state index contributed by atoms with van der Waals surface area (Å²) in [6, 6.07) is 11.3. The molecule has 0 fully saturated rings. The Morgan fingerprint density at radius 3 is 2.60 bits per heavy atom. The monoisotopic (exact) mass is 342 g/mol. The van der Waals surface area contributed by atoms with Crippen molar-refractivity contribution in [1.29, 1.82) is 0 Å². The molecular formula is C21H34N4. The van der Waals surface area contributed by atoms with Crippen LogP contribution >= 0.6 is 0 Å². The Hall–Kier alpha value is -1.81. The van der Waals surface area contributed by atoms with Crippen molar-refractivity contribution in [1.82, 2.24) is 15.1 Å². The molecule has 0 aromatic heterocycles. The van der Waals surface area contributed by atoms with E-state index in [-0.39, 0.29) is 0 Å². The van der Waals surface area contributed by atoms with Gasteiger partial charge in [0.2, 0.25) is 0 Å². The number of guanidine groups is 1. The fourth-order valence-corrected chi connectivity index (χ4v) is 3.05. The number of aliphatic imine (C=N–C) groups is 1. The predicted octanol–water partition coefficient (Wildman–Crippen LogP) is 3.47. The molecule has 0 unspecified atom stereocenters. The van der Waals surface area contributed by atoms with Gasteiger partial charge >= 0.3 is 0 Å². The Labute approximate surface area is 153 Å². The summed E-state index contributed by atoms with van der Waals surface area (Å²) < 4.78 is 0. The van der Waals surface area contributed by atoms with Gasteiger partial charge in [-0.2, -0.15) is 0 Å². The summed E-state index contributed by atoms with van der Waals surface area (Å²) in [7, 11) is 4.08. The lowest BCUT2D eigenvalue weighted by atomic mass is 10.00. The van der Waals surface area contributed by atoms with Gasteiger partial charge in [-0.15, -0.1) is 0 Å². The summed E-state index contributed by atoms with van der Waals surface area (Å²) in [6.45, 7) is 8.59. The summed E-state index contributed by atoms with van der Waals surface area (Å²) in [6.07, 6.45) is 5.80. The van der Waals surface area contributed by atoms with E-state index in [4.69, 9.17) is 0 Å². The highest BCUT2D eigenvalue weighted by Crippen LogP contribution is 2.21. The maximum atomic E-state index is 4.46. The van der Waals surface area contributed by atoms with Crippen molar-refractivity contribution in [2.45, 2.75) is 39.2 Å². The van der Waals surface area contributed by atoms with Crippen LogP contribution < -0.4 is 5.32 Å². The van der Waals surface area contributed by atoms with Gasteiger partial charge in [-0.05, 0) is 57.8 Å². The van der Waals surface area contributed by atoms with Crippen molar-refractivity contribution in [3.63, 3.8) is 0 Å². The number of hydrogen-bond donors (Lipinski definition) is 1. The van der Waals surface area contributed by atoms with Gasteiger partial charge in [-0.3, -0.25) is 4.99 Å². The molecule has 25 heavy (non-hydrogen) atoms. The van der Waals surface area contributed by atoms with Gasteiger partial charge in [0.1, 0.15) is 0 Å². The largest absolute Gasteiger partial charge is 0.356 e. The van der Waals surface area contributed by atoms with E-state index >= 15 is 0 Å². The van der Waals surface area contributed by atoms with Crippen LogP contribution in [-0.2, 0) is 0 Å². The Morgan fingerprint density at radius 1 is 1.24 bits per heavy atom. The second kappa shape index (κ2) is 10.2. The van der Waals surface area contributed by atoms with E-state index in [2.05, 4.69) is 77.4 Å². The summed E-state index contributed by atoms with van der Waals surface area (Å²) in [5.74, 6) is 1.03. The molecule has 4 heteroatoms. The standard InChI is InChI=1S/C21H34N4/c1-18(2)24(4)15-9-8-14-23-21(22-3)25-16-12-20(13-17-25)19-10-6-5-7-11-19/h5-7,10-12,18H,8-9,13-17H2,1-4H3,(H,22,23). The zero-order valence-corrected chi connectivity index (χ0v) is 16.3. The third-order valence-electron chi connectivity index (χ3n) is 4.97. The first-order valence-corrected chi connectivity index (χ1v) is 9.52. The van der Waals surface area contributed by atoms with Crippen molar-refractivity contribution in [3.8, 4) is 0 Å². The fraction of sp³-hybridized carbons (Fsp3) is 0.571. The van der Waals surface area contributed by atoms with Crippen LogP contribution in [0.2, 0.25) is 0 Å². The molecule has 0 aliphatic carbocycles. The number of unbranched alkanes of at least 4 members (excludes halogenated alkanes) is 1. The molecule has 1 aliphatic rings. The molecule has 0 radical (unpaired) electrons. The Bertz CT molecular complexity index is 563. The lowest BCUT2D eigenvalue weighted by Crippen LogP contribution is -2.43. The Kier molecular flexibility index (Phi) is 7.99. The SMILES string of the molecule is CN=C(NCCCCN(C)C(C)C)N1CC=C(c2ccccc2)CC1. The maximum Gasteiger partial charge on any atom is 0.193 e. The normalized spacial score (nSPS) is 15.7. The molecule has 1 aromatic rings. The highest BCUT2D eigenvalue weighted by Gasteiger charge is 2.15. The van der Waals surface area contributed by atoms with Gasteiger partial charge in [0.15, 0.2) is 5.96 Å².